The van der Waals surface area contributed by atoms with Crippen molar-refractivity contribution in [3.8, 4) is 0 Å². The molecule has 184 valence electrons. The highest BCUT2D eigenvalue weighted by molar-refractivity contribution is 6.42. The summed E-state index contributed by atoms with van der Waals surface area (Å²) in [6.07, 6.45) is -5.83. The van der Waals surface area contributed by atoms with Crippen molar-refractivity contribution in [2.45, 2.75) is 44.6 Å². The van der Waals surface area contributed by atoms with Gasteiger partial charge < -0.3 is 15.0 Å². The number of alkyl halides is 3. The molecule has 4 rings (SSSR count). The Labute approximate surface area is 201 Å². The minimum Gasteiger partial charge on any atom is -0.444 e. The highest BCUT2D eigenvalue weighted by atomic mass is 35.5. The van der Waals surface area contributed by atoms with E-state index in [1.54, 1.807) is 20.8 Å². The lowest BCUT2D eigenvalue weighted by atomic mass is 10.0. The molecule has 0 bridgehead atoms. The fraction of sp³-hybridized carbons (Fsp3) is 0.500. The summed E-state index contributed by atoms with van der Waals surface area (Å²) in [6, 6.07) is 2.40. The zero-order valence-electron chi connectivity index (χ0n) is 18.2. The predicted molar refractivity (Wildman–Crippen MR) is 116 cm³/mol. The number of carbonyl (C=O) groups excluding carboxylic acids is 3. The third-order valence-corrected chi connectivity index (χ3v) is 6.23. The van der Waals surface area contributed by atoms with Gasteiger partial charge in [-0.15, -0.1) is 0 Å². The normalized spacial score (nSPS) is 22.6. The Balaban J connectivity index is 1.67. The average molecular weight is 522 g/mol. The van der Waals surface area contributed by atoms with Gasteiger partial charge in [0, 0.05) is 13.1 Å². The molecule has 2 unspecified atom stereocenters. The predicted octanol–water partition coefficient (Wildman–Crippen LogP) is 3.88. The van der Waals surface area contributed by atoms with E-state index in [2.05, 4.69) is 10.3 Å². The molecule has 3 amide bonds. The van der Waals surface area contributed by atoms with Gasteiger partial charge in [0.25, 0.3) is 11.6 Å². The van der Waals surface area contributed by atoms with Crippen LogP contribution in [0, 0.1) is 5.92 Å². The number of hydrogen-bond acceptors (Lipinski definition) is 5. The molecule has 1 aromatic heterocycles. The van der Waals surface area contributed by atoms with E-state index in [1.807, 2.05) is 5.32 Å². The number of carbonyl (C=O) groups is 3. The first kappa shape index (κ1) is 24.4. The standard InChI is InChI=1S/C20H20Cl2F3N5O4/c1-18(2,3)34-17(33)29-5-4-9(8-29)14(31)28-19(20(23,24)25)15(32)27-16-26-12-6-10(21)11(22)7-13(12)30(16)19/h6-7,9H,4-5,8H2,1-3H3,(H,28,31)(H,26,27,32). The summed E-state index contributed by atoms with van der Waals surface area (Å²) < 4.78 is 49.3. The van der Waals surface area contributed by atoms with Crippen molar-refractivity contribution in [1.82, 2.24) is 19.8 Å². The number of imidazole rings is 1. The van der Waals surface area contributed by atoms with Crippen molar-refractivity contribution in [2.24, 2.45) is 5.92 Å². The van der Waals surface area contributed by atoms with Gasteiger partial charge in [0.1, 0.15) is 5.60 Å². The van der Waals surface area contributed by atoms with E-state index < -0.39 is 47.2 Å². The number of benzene rings is 1. The fourth-order valence-electron chi connectivity index (χ4n) is 3.98. The number of nitrogens with zero attached hydrogens (tertiary/aromatic N) is 3. The molecular formula is C20H20Cl2F3N5O4. The van der Waals surface area contributed by atoms with Crippen LogP contribution in [0.25, 0.3) is 11.0 Å². The Bertz CT molecular complexity index is 1210. The van der Waals surface area contributed by atoms with Gasteiger partial charge >= 0.3 is 12.3 Å². The van der Waals surface area contributed by atoms with Gasteiger partial charge in [-0.05, 0) is 39.3 Å². The number of amides is 3. The van der Waals surface area contributed by atoms with Gasteiger partial charge in [0.05, 0.1) is 27.0 Å². The number of nitrogens with one attached hydrogen (secondary N) is 2. The number of anilines is 1. The van der Waals surface area contributed by atoms with Gasteiger partial charge in [-0.3, -0.25) is 19.5 Å². The van der Waals surface area contributed by atoms with Crippen LogP contribution >= 0.6 is 23.2 Å². The molecule has 3 heterocycles. The minimum absolute atomic E-state index is 0.0456. The quantitative estimate of drug-likeness (QED) is 0.623. The van der Waals surface area contributed by atoms with E-state index in [9.17, 15) is 27.6 Å². The van der Waals surface area contributed by atoms with E-state index >= 15 is 0 Å². The Hall–Kier alpha value is -2.73. The number of aromatic nitrogens is 2. The first-order valence-corrected chi connectivity index (χ1v) is 11.0. The van der Waals surface area contributed by atoms with Crippen molar-refractivity contribution in [3.63, 3.8) is 0 Å². The SMILES string of the molecule is CC(C)(C)OC(=O)N1CCC(C(=O)NC2(C(F)(F)F)C(=O)Nc3nc4cc(Cl)c(Cl)cc4n32)C1. The molecule has 0 radical (unpaired) electrons. The summed E-state index contributed by atoms with van der Waals surface area (Å²) in [7, 11) is 0. The Morgan fingerprint density at radius 3 is 2.50 bits per heavy atom. The molecule has 34 heavy (non-hydrogen) atoms. The summed E-state index contributed by atoms with van der Waals surface area (Å²) in [5.74, 6) is -3.98. The number of likely N-dealkylation sites (tertiary alicyclic amines) is 1. The van der Waals surface area contributed by atoms with Crippen LogP contribution in [0.15, 0.2) is 12.1 Å². The Morgan fingerprint density at radius 1 is 1.24 bits per heavy atom. The van der Waals surface area contributed by atoms with E-state index in [4.69, 9.17) is 27.9 Å². The zero-order chi connectivity index (χ0) is 25.2. The summed E-state index contributed by atoms with van der Waals surface area (Å²) in [6.45, 7) is 4.97. The maximum Gasteiger partial charge on any atom is 0.440 e. The molecular weight excluding hydrogens is 502 g/mol. The van der Waals surface area contributed by atoms with Crippen LogP contribution in [0.5, 0.6) is 0 Å². The Morgan fingerprint density at radius 2 is 1.88 bits per heavy atom. The number of halogens is 5. The van der Waals surface area contributed by atoms with Gasteiger partial charge in [0.15, 0.2) is 0 Å². The van der Waals surface area contributed by atoms with Gasteiger partial charge in [-0.25, -0.2) is 9.78 Å². The molecule has 1 aromatic carbocycles. The van der Waals surface area contributed by atoms with E-state index in [-0.39, 0.29) is 40.6 Å². The number of rotatable bonds is 2. The molecule has 9 nitrogen and oxygen atoms in total. The number of ether oxygens (including phenoxy) is 1. The maximum absolute atomic E-state index is 14.5. The molecule has 2 aromatic rings. The fourth-order valence-corrected chi connectivity index (χ4v) is 4.29. The number of hydrogen-bond donors (Lipinski definition) is 2. The summed E-state index contributed by atoms with van der Waals surface area (Å²) in [4.78, 5) is 43.2. The summed E-state index contributed by atoms with van der Waals surface area (Å²) in [5, 5.41) is 3.98. The van der Waals surface area contributed by atoms with Crippen LogP contribution < -0.4 is 10.6 Å². The molecule has 0 saturated carbocycles. The van der Waals surface area contributed by atoms with Crippen molar-refractivity contribution in [1.29, 1.82) is 0 Å². The zero-order valence-corrected chi connectivity index (χ0v) is 19.7. The van der Waals surface area contributed by atoms with Crippen molar-refractivity contribution < 1.29 is 32.3 Å². The molecule has 2 aliphatic rings. The van der Waals surface area contributed by atoms with Crippen LogP contribution in [0.2, 0.25) is 10.0 Å². The van der Waals surface area contributed by atoms with E-state index in [0.717, 1.165) is 6.07 Å². The summed E-state index contributed by atoms with van der Waals surface area (Å²) in [5.41, 5.74) is -4.35. The molecule has 2 N–H and O–H groups in total. The topological polar surface area (TPSA) is 106 Å². The van der Waals surface area contributed by atoms with Crippen molar-refractivity contribution in [3.05, 3.63) is 22.2 Å². The first-order valence-electron chi connectivity index (χ1n) is 10.2. The smallest absolute Gasteiger partial charge is 0.440 e. The first-order chi connectivity index (χ1) is 15.6. The monoisotopic (exact) mass is 521 g/mol. The van der Waals surface area contributed by atoms with Crippen LogP contribution in [0.3, 0.4) is 0 Å². The van der Waals surface area contributed by atoms with Gasteiger partial charge in [-0.2, -0.15) is 13.2 Å². The van der Waals surface area contributed by atoms with Crippen LogP contribution in [-0.4, -0.2) is 57.2 Å². The van der Waals surface area contributed by atoms with Crippen LogP contribution in [0.4, 0.5) is 23.9 Å². The molecule has 14 heteroatoms. The van der Waals surface area contributed by atoms with Crippen molar-refractivity contribution >= 4 is 58.1 Å². The molecule has 0 spiro atoms. The van der Waals surface area contributed by atoms with E-state index in [0.29, 0.717) is 4.57 Å². The third kappa shape index (κ3) is 3.92. The second kappa shape index (κ2) is 7.91. The van der Waals surface area contributed by atoms with Crippen molar-refractivity contribution in [2.75, 3.05) is 18.4 Å². The van der Waals surface area contributed by atoms with Crippen LogP contribution in [0.1, 0.15) is 27.2 Å². The minimum atomic E-state index is -5.25. The third-order valence-electron chi connectivity index (χ3n) is 5.51. The second-order valence-corrected chi connectivity index (χ2v) is 9.90. The lowest BCUT2D eigenvalue weighted by molar-refractivity contribution is -0.218. The lowest BCUT2D eigenvalue weighted by Gasteiger charge is -2.33. The van der Waals surface area contributed by atoms with E-state index in [1.165, 1.54) is 11.0 Å². The highest BCUT2D eigenvalue weighted by Gasteiger charge is 2.68. The molecule has 1 fully saturated rings. The molecule has 0 aliphatic carbocycles. The van der Waals surface area contributed by atoms with Gasteiger partial charge in [0.2, 0.25) is 11.9 Å². The maximum atomic E-state index is 14.5. The lowest BCUT2D eigenvalue weighted by Crippen LogP contribution is -2.64. The molecule has 2 atom stereocenters. The average Bonchev–Trinajstić information content (AvgIpc) is 3.36. The molecule has 2 aliphatic heterocycles. The second-order valence-electron chi connectivity index (χ2n) is 9.09. The molecule has 1 saturated heterocycles. The van der Waals surface area contributed by atoms with Crippen LogP contribution in [-0.2, 0) is 20.0 Å². The largest absolute Gasteiger partial charge is 0.444 e. The highest BCUT2D eigenvalue weighted by Crippen LogP contribution is 2.45. The van der Waals surface area contributed by atoms with Gasteiger partial charge in [-0.1, -0.05) is 23.2 Å². The summed E-state index contributed by atoms with van der Waals surface area (Å²) >= 11 is 11.9. The number of fused-ring (bicyclic) bond motifs is 3. The Kier molecular flexibility index (Phi) is 5.67.